The first kappa shape index (κ1) is 9.31. The van der Waals surface area contributed by atoms with Gasteiger partial charge in [0.05, 0.1) is 0 Å². The first-order chi connectivity index (χ1) is 5.86. The molecule has 0 heteroatoms. The maximum atomic E-state index is 3.27. The predicted molar refractivity (Wildman–Crippen MR) is 53.1 cm³/mol. The van der Waals surface area contributed by atoms with Crippen LogP contribution in [0.4, 0.5) is 0 Å². The molecule has 0 saturated carbocycles. The summed E-state index contributed by atoms with van der Waals surface area (Å²) in [6.07, 6.45) is 3.74. The van der Waals surface area contributed by atoms with E-state index in [1.54, 1.807) is 0 Å². The Morgan fingerprint density at radius 2 is 2.00 bits per heavy atom. The van der Waals surface area contributed by atoms with Crippen molar-refractivity contribution < 1.29 is 0 Å². The Morgan fingerprint density at radius 3 is 2.50 bits per heavy atom. The minimum atomic E-state index is 0.837. The minimum Gasteiger partial charge on any atom is -0.0651 e. The minimum absolute atomic E-state index is 0.837. The smallest absolute Gasteiger partial charge is 0.0149 e. The molecule has 0 N–H and O–H groups in total. The van der Waals surface area contributed by atoms with Crippen LogP contribution in [0.1, 0.15) is 32.3 Å². The standard InChI is InChI=1S/C12H17/c1-3-11(4-2)10-12-8-6-5-7-9-12/h5-8,11H,3-4,10H2,1-2H3. The lowest BCUT2D eigenvalue weighted by Crippen LogP contribution is -2.01. The summed E-state index contributed by atoms with van der Waals surface area (Å²) >= 11 is 0. The molecule has 0 amide bonds. The molecule has 0 saturated heterocycles. The quantitative estimate of drug-likeness (QED) is 0.634. The largest absolute Gasteiger partial charge is 0.0651 e. The fraction of sp³-hybridized carbons (Fsp3) is 0.500. The normalized spacial score (nSPS) is 10.6. The van der Waals surface area contributed by atoms with Crippen molar-refractivity contribution in [3.63, 3.8) is 0 Å². The van der Waals surface area contributed by atoms with Crippen LogP contribution in [-0.4, -0.2) is 0 Å². The summed E-state index contributed by atoms with van der Waals surface area (Å²) in [7, 11) is 0. The third kappa shape index (κ3) is 2.69. The van der Waals surface area contributed by atoms with Crippen molar-refractivity contribution in [2.45, 2.75) is 33.1 Å². The van der Waals surface area contributed by atoms with Crippen molar-refractivity contribution in [1.82, 2.24) is 0 Å². The Kier molecular flexibility index (Phi) is 3.86. The van der Waals surface area contributed by atoms with Gasteiger partial charge in [-0.1, -0.05) is 51.0 Å². The van der Waals surface area contributed by atoms with E-state index in [0.717, 1.165) is 5.92 Å². The van der Waals surface area contributed by atoms with Gasteiger partial charge in [-0.05, 0) is 24.0 Å². The molecule has 0 nitrogen and oxygen atoms in total. The van der Waals surface area contributed by atoms with Crippen LogP contribution in [0.3, 0.4) is 0 Å². The summed E-state index contributed by atoms with van der Waals surface area (Å²) in [5.41, 5.74) is 1.35. The lowest BCUT2D eigenvalue weighted by molar-refractivity contribution is 0.490. The summed E-state index contributed by atoms with van der Waals surface area (Å²) in [6.45, 7) is 4.52. The Labute approximate surface area is 75.6 Å². The molecule has 65 valence electrons. The third-order valence-corrected chi connectivity index (χ3v) is 2.44. The molecule has 0 heterocycles. The van der Waals surface area contributed by atoms with Gasteiger partial charge in [0.25, 0.3) is 0 Å². The Balaban J connectivity index is 2.51. The van der Waals surface area contributed by atoms with Crippen LogP contribution in [0, 0.1) is 12.0 Å². The van der Waals surface area contributed by atoms with Crippen molar-refractivity contribution in [2.75, 3.05) is 0 Å². The zero-order chi connectivity index (χ0) is 8.81. The van der Waals surface area contributed by atoms with Gasteiger partial charge in [-0.15, -0.1) is 0 Å². The highest BCUT2D eigenvalue weighted by Gasteiger charge is 2.03. The van der Waals surface area contributed by atoms with Gasteiger partial charge in [0.15, 0.2) is 0 Å². The zero-order valence-corrected chi connectivity index (χ0v) is 8.01. The Bertz CT molecular complexity index is 197. The summed E-state index contributed by atoms with van der Waals surface area (Å²) in [6, 6.07) is 11.5. The topological polar surface area (TPSA) is 0 Å². The van der Waals surface area contributed by atoms with E-state index >= 15 is 0 Å². The molecule has 0 bridgehead atoms. The van der Waals surface area contributed by atoms with E-state index in [9.17, 15) is 0 Å². The van der Waals surface area contributed by atoms with Crippen molar-refractivity contribution in [3.8, 4) is 0 Å². The van der Waals surface area contributed by atoms with E-state index < -0.39 is 0 Å². The molecule has 0 aliphatic rings. The van der Waals surface area contributed by atoms with Crippen LogP contribution in [0.25, 0.3) is 0 Å². The molecule has 0 aliphatic carbocycles. The monoisotopic (exact) mass is 161 g/mol. The van der Waals surface area contributed by atoms with Gasteiger partial charge in [-0.3, -0.25) is 0 Å². The van der Waals surface area contributed by atoms with Crippen molar-refractivity contribution in [3.05, 3.63) is 35.9 Å². The van der Waals surface area contributed by atoms with Crippen molar-refractivity contribution in [1.29, 1.82) is 0 Å². The van der Waals surface area contributed by atoms with Crippen LogP contribution in [0.15, 0.2) is 24.3 Å². The molecule has 1 radical (unpaired) electrons. The van der Waals surface area contributed by atoms with Gasteiger partial charge in [0.2, 0.25) is 0 Å². The Hall–Kier alpha value is -0.780. The number of benzene rings is 1. The van der Waals surface area contributed by atoms with Gasteiger partial charge < -0.3 is 0 Å². The summed E-state index contributed by atoms with van der Waals surface area (Å²) in [4.78, 5) is 0. The summed E-state index contributed by atoms with van der Waals surface area (Å²) in [5.74, 6) is 0.837. The molecule has 0 unspecified atom stereocenters. The second kappa shape index (κ2) is 4.97. The fourth-order valence-electron chi connectivity index (χ4n) is 1.45. The van der Waals surface area contributed by atoms with Crippen LogP contribution in [0.5, 0.6) is 0 Å². The lowest BCUT2D eigenvalue weighted by atomic mass is 9.95. The molecular weight excluding hydrogens is 144 g/mol. The molecule has 1 aromatic carbocycles. The van der Waals surface area contributed by atoms with Gasteiger partial charge in [0, 0.05) is 0 Å². The van der Waals surface area contributed by atoms with Crippen LogP contribution in [0.2, 0.25) is 0 Å². The number of rotatable bonds is 4. The predicted octanol–water partition coefficient (Wildman–Crippen LogP) is 3.47. The Morgan fingerprint density at radius 1 is 1.25 bits per heavy atom. The van der Waals surface area contributed by atoms with Crippen LogP contribution < -0.4 is 0 Å². The van der Waals surface area contributed by atoms with Gasteiger partial charge >= 0.3 is 0 Å². The van der Waals surface area contributed by atoms with Gasteiger partial charge in [-0.25, -0.2) is 0 Å². The maximum Gasteiger partial charge on any atom is -0.0149 e. The van der Waals surface area contributed by atoms with Crippen LogP contribution >= 0.6 is 0 Å². The van der Waals surface area contributed by atoms with E-state index in [4.69, 9.17) is 0 Å². The maximum absolute atomic E-state index is 3.27. The highest BCUT2D eigenvalue weighted by molar-refractivity contribution is 5.13. The first-order valence-electron chi connectivity index (χ1n) is 4.82. The fourth-order valence-corrected chi connectivity index (χ4v) is 1.45. The summed E-state index contributed by atoms with van der Waals surface area (Å²) < 4.78 is 0. The SMILES string of the molecule is CCC(CC)Cc1[c]cccc1. The van der Waals surface area contributed by atoms with E-state index in [1.165, 1.54) is 24.8 Å². The second-order valence-corrected chi connectivity index (χ2v) is 3.27. The molecule has 0 aliphatic heterocycles. The number of hydrogen-bond donors (Lipinski definition) is 0. The molecule has 0 atom stereocenters. The lowest BCUT2D eigenvalue weighted by Gasteiger charge is -2.10. The van der Waals surface area contributed by atoms with E-state index in [1.807, 2.05) is 12.1 Å². The molecular formula is C12H17. The molecule has 1 rings (SSSR count). The van der Waals surface area contributed by atoms with Gasteiger partial charge in [0.1, 0.15) is 0 Å². The average Bonchev–Trinajstić information content (AvgIpc) is 2.16. The number of hydrogen-bond acceptors (Lipinski definition) is 0. The summed E-state index contributed by atoms with van der Waals surface area (Å²) in [5, 5.41) is 0. The molecule has 0 fully saturated rings. The van der Waals surface area contributed by atoms with E-state index in [-0.39, 0.29) is 0 Å². The second-order valence-electron chi connectivity index (χ2n) is 3.27. The van der Waals surface area contributed by atoms with Crippen molar-refractivity contribution >= 4 is 0 Å². The van der Waals surface area contributed by atoms with Crippen molar-refractivity contribution in [2.24, 2.45) is 5.92 Å². The van der Waals surface area contributed by atoms with Gasteiger partial charge in [-0.2, -0.15) is 0 Å². The van der Waals surface area contributed by atoms with Crippen LogP contribution in [-0.2, 0) is 6.42 Å². The molecule has 0 aromatic heterocycles. The average molecular weight is 161 g/mol. The van der Waals surface area contributed by atoms with E-state index in [0.29, 0.717) is 0 Å². The van der Waals surface area contributed by atoms with E-state index in [2.05, 4.69) is 32.0 Å². The molecule has 12 heavy (non-hydrogen) atoms. The zero-order valence-electron chi connectivity index (χ0n) is 8.01. The highest BCUT2D eigenvalue weighted by atomic mass is 14.1. The highest BCUT2D eigenvalue weighted by Crippen LogP contribution is 2.14. The third-order valence-electron chi connectivity index (χ3n) is 2.44. The molecule has 0 spiro atoms. The first-order valence-corrected chi connectivity index (χ1v) is 4.82. The molecule has 1 aromatic rings.